The van der Waals surface area contributed by atoms with Crippen LogP contribution in [0.2, 0.25) is 0 Å². The van der Waals surface area contributed by atoms with E-state index >= 15 is 0 Å². The third-order valence-electron chi connectivity index (χ3n) is 3.55. The van der Waals surface area contributed by atoms with Crippen LogP contribution in [0, 0.1) is 0 Å². The van der Waals surface area contributed by atoms with E-state index in [9.17, 15) is 0 Å². The number of ether oxygens (including phenoxy) is 1. The predicted molar refractivity (Wildman–Crippen MR) is 69.7 cm³/mol. The van der Waals surface area contributed by atoms with Crippen molar-refractivity contribution in [1.82, 2.24) is 15.3 Å². The van der Waals surface area contributed by atoms with E-state index in [1.165, 1.54) is 17.0 Å². The number of nitrogens with one attached hydrogen (secondary N) is 1. The van der Waals surface area contributed by atoms with Crippen LogP contribution < -0.4 is 10.2 Å². The topological polar surface area (TPSA) is 50.3 Å². The van der Waals surface area contributed by atoms with Crippen LogP contribution >= 0.6 is 0 Å². The minimum absolute atomic E-state index is 0.446. The number of morpholine rings is 1. The molecule has 98 valence electrons. The van der Waals surface area contributed by atoms with Gasteiger partial charge in [-0.25, -0.2) is 9.97 Å². The Hall–Kier alpha value is -1.20. The normalized spacial score (nSPS) is 19.4. The second kappa shape index (κ2) is 4.82. The van der Waals surface area contributed by atoms with Crippen molar-refractivity contribution in [2.75, 3.05) is 31.2 Å². The fourth-order valence-electron chi connectivity index (χ4n) is 2.56. The highest BCUT2D eigenvalue weighted by atomic mass is 16.5. The van der Waals surface area contributed by atoms with E-state index in [0.29, 0.717) is 5.92 Å². The van der Waals surface area contributed by atoms with Crippen LogP contribution in [0.5, 0.6) is 0 Å². The number of anilines is 1. The van der Waals surface area contributed by atoms with Gasteiger partial charge in [0, 0.05) is 31.7 Å². The summed E-state index contributed by atoms with van der Waals surface area (Å²) in [5.74, 6) is 1.32. The quantitative estimate of drug-likeness (QED) is 0.847. The van der Waals surface area contributed by atoms with Gasteiger partial charge in [-0.05, 0) is 5.92 Å². The number of aromatic nitrogens is 2. The summed E-state index contributed by atoms with van der Waals surface area (Å²) in [5, 5.41) is 3.37. The standard InChI is InChI=1S/C13H20N4O/c1-9(2)12-10-7-14-8-11(10)15-13(16-12)17-3-5-18-6-4-17/h9,14H,3-8H2,1-2H3. The van der Waals surface area contributed by atoms with E-state index in [1.807, 2.05) is 0 Å². The first-order valence-corrected chi connectivity index (χ1v) is 6.69. The monoisotopic (exact) mass is 248 g/mol. The van der Waals surface area contributed by atoms with Gasteiger partial charge in [0.25, 0.3) is 0 Å². The lowest BCUT2D eigenvalue weighted by atomic mass is 10.0. The second-order valence-corrected chi connectivity index (χ2v) is 5.19. The van der Waals surface area contributed by atoms with Crippen molar-refractivity contribution in [2.45, 2.75) is 32.9 Å². The van der Waals surface area contributed by atoms with Crippen molar-refractivity contribution in [3.05, 3.63) is 17.0 Å². The molecule has 5 nitrogen and oxygen atoms in total. The maximum Gasteiger partial charge on any atom is 0.226 e. The third kappa shape index (κ3) is 2.08. The molecular weight excluding hydrogens is 228 g/mol. The molecule has 2 aliphatic heterocycles. The van der Waals surface area contributed by atoms with Gasteiger partial charge in [0.2, 0.25) is 5.95 Å². The van der Waals surface area contributed by atoms with Crippen LogP contribution in [0.3, 0.4) is 0 Å². The second-order valence-electron chi connectivity index (χ2n) is 5.19. The van der Waals surface area contributed by atoms with Crippen molar-refractivity contribution in [2.24, 2.45) is 0 Å². The van der Waals surface area contributed by atoms with Gasteiger partial charge in [0.1, 0.15) is 0 Å². The Labute approximate surface area is 108 Å². The van der Waals surface area contributed by atoms with Gasteiger partial charge in [-0.3, -0.25) is 0 Å². The van der Waals surface area contributed by atoms with Gasteiger partial charge in [-0.1, -0.05) is 13.8 Å². The molecule has 0 saturated carbocycles. The lowest BCUT2D eigenvalue weighted by Gasteiger charge is -2.27. The lowest BCUT2D eigenvalue weighted by Crippen LogP contribution is -2.37. The summed E-state index contributed by atoms with van der Waals surface area (Å²) in [4.78, 5) is 11.7. The molecule has 1 fully saturated rings. The van der Waals surface area contributed by atoms with E-state index in [1.54, 1.807) is 0 Å². The average Bonchev–Trinajstić information content (AvgIpc) is 2.86. The van der Waals surface area contributed by atoms with Crippen molar-refractivity contribution in [3.63, 3.8) is 0 Å². The Balaban J connectivity index is 1.97. The molecule has 1 N–H and O–H groups in total. The zero-order valence-corrected chi connectivity index (χ0v) is 11.1. The first-order valence-electron chi connectivity index (χ1n) is 6.69. The summed E-state index contributed by atoms with van der Waals surface area (Å²) in [5.41, 5.74) is 3.68. The fourth-order valence-corrected chi connectivity index (χ4v) is 2.56. The Kier molecular flexibility index (Phi) is 3.18. The summed E-state index contributed by atoms with van der Waals surface area (Å²) in [7, 11) is 0. The molecule has 5 heteroatoms. The summed E-state index contributed by atoms with van der Waals surface area (Å²) >= 11 is 0. The Morgan fingerprint density at radius 1 is 1.17 bits per heavy atom. The summed E-state index contributed by atoms with van der Waals surface area (Å²) in [6.07, 6.45) is 0. The summed E-state index contributed by atoms with van der Waals surface area (Å²) in [6, 6.07) is 0. The van der Waals surface area contributed by atoms with Crippen LogP contribution in [0.25, 0.3) is 0 Å². The molecule has 0 atom stereocenters. The molecule has 0 spiro atoms. The summed E-state index contributed by atoms with van der Waals surface area (Å²) in [6.45, 7) is 9.51. The highest BCUT2D eigenvalue weighted by Gasteiger charge is 2.23. The molecule has 1 aromatic heterocycles. The smallest absolute Gasteiger partial charge is 0.226 e. The van der Waals surface area contributed by atoms with E-state index in [4.69, 9.17) is 14.7 Å². The average molecular weight is 248 g/mol. The van der Waals surface area contributed by atoms with Crippen LogP contribution in [-0.2, 0) is 17.8 Å². The molecule has 0 amide bonds. The zero-order chi connectivity index (χ0) is 12.5. The van der Waals surface area contributed by atoms with Gasteiger partial charge in [0.15, 0.2) is 0 Å². The molecule has 1 saturated heterocycles. The van der Waals surface area contributed by atoms with Crippen LogP contribution in [0.1, 0.15) is 36.7 Å². The largest absolute Gasteiger partial charge is 0.378 e. The molecular formula is C13H20N4O. The predicted octanol–water partition coefficient (Wildman–Crippen LogP) is 1.04. The Morgan fingerprint density at radius 3 is 2.67 bits per heavy atom. The van der Waals surface area contributed by atoms with Crippen molar-refractivity contribution in [1.29, 1.82) is 0 Å². The third-order valence-corrected chi connectivity index (χ3v) is 3.55. The number of rotatable bonds is 2. The number of fused-ring (bicyclic) bond motifs is 1. The SMILES string of the molecule is CC(C)c1nc(N2CCOCC2)nc2c1CNC2. The highest BCUT2D eigenvalue weighted by molar-refractivity contribution is 5.40. The molecule has 1 aromatic rings. The van der Waals surface area contributed by atoms with Crippen LogP contribution in [0.15, 0.2) is 0 Å². The molecule has 0 bridgehead atoms. The molecule has 2 aliphatic rings. The van der Waals surface area contributed by atoms with Crippen LogP contribution in [0.4, 0.5) is 5.95 Å². The molecule has 3 rings (SSSR count). The maximum absolute atomic E-state index is 5.38. The fraction of sp³-hybridized carbons (Fsp3) is 0.692. The summed E-state index contributed by atoms with van der Waals surface area (Å²) < 4.78 is 5.38. The number of nitrogens with zero attached hydrogens (tertiary/aromatic N) is 3. The first-order chi connectivity index (χ1) is 8.75. The van der Waals surface area contributed by atoms with E-state index in [0.717, 1.165) is 45.3 Å². The lowest BCUT2D eigenvalue weighted by molar-refractivity contribution is 0.122. The van der Waals surface area contributed by atoms with Crippen LogP contribution in [-0.4, -0.2) is 36.3 Å². The zero-order valence-electron chi connectivity index (χ0n) is 11.1. The van der Waals surface area contributed by atoms with Gasteiger partial charge in [-0.15, -0.1) is 0 Å². The number of hydrogen-bond donors (Lipinski definition) is 1. The van der Waals surface area contributed by atoms with Gasteiger partial charge < -0.3 is 15.0 Å². The maximum atomic E-state index is 5.38. The van der Waals surface area contributed by atoms with E-state index in [2.05, 4.69) is 24.1 Å². The molecule has 0 unspecified atom stereocenters. The molecule has 3 heterocycles. The minimum atomic E-state index is 0.446. The van der Waals surface area contributed by atoms with E-state index < -0.39 is 0 Å². The Morgan fingerprint density at radius 2 is 1.94 bits per heavy atom. The first kappa shape index (κ1) is 11.9. The van der Waals surface area contributed by atoms with E-state index in [-0.39, 0.29) is 0 Å². The Bertz CT molecular complexity index is 441. The molecule has 18 heavy (non-hydrogen) atoms. The van der Waals surface area contributed by atoms with Crippen molar-refractivity contribution < 1.29 is 4.74 Å². The molecule has 0 aromatic carbocycles. The molecule has 0 radical (unpaired) electrons. The molecule has 0 aliphatic carbocycles. The van der Waals surface area contributed by atoms with Gasteiger partial charge >= 0.3 is 0 Å². The highest BCUT2D eigenvalue weighted by Crippen LogP contribution is 2.26. The van der Waals surface area contributed by atoms with Crippen molar-refractivity contribution >= 4 is 5.95 Å². The van der Waals surface area contributed by atoms with Crippen molar-refractivity contribution in [3.8, 4) is 0 Å². The number of hydrogen-bond acceptors (Lipinski definition) is 5. The van der Waals surface area contributed by atoms with Gasteiger partial charge in [-0.2, -0.15) is 0 Å². The minimum Gasteiger partial charge on any atom is -0.378 e. The van der Waals surface area contributed by atoms with Gasteiger partial charge in [0.05, 0.1) is 24.6 Å².